The molecule has 0 aliphatic carbocycles. The van der Waals surface area contributed by atoms with E-state index in [1.54, 1.807) is 0 Å². The van der Waals surface area contributed by atoms with Crippen molar-refractivity contribution in [2.45, 2.75) is 38.4 Å². The minimum atomic E-state index is -0.325. The van der Waals surface area contributed by atoms with Crippen LogP contribution in [0.25, 0.3) is 0 Å². The van der Waals surface area contributed by atoms with Gasteiger partial charge >= 0.3 is 0 Å². The van der Waals surface area contributed by atoms with E-state index in [0.717, 1.165) is 69.9 Å². The van der Waals surface area contributed by atoms with Gasteiger partial charge in [-0.25, -0.2) is 4.98 Å². The SMILES string of the molecule is CC1CCCN(c2nccc(N3CCC4(CC3)OCCO4)n2)C1. The quantitative estimate of drug-likeness (QED) is 0.832. The van der Waals surface area contributed by atoms with Crippen LogP contribution < -0.4 is 9.80 Å². The summed E-state index contributed by atoms with van der Waals surface area (Å²) < 4.78 is 11.6. The predicted molar refractivity (Wildman–Crippen MR) is 88.7 cm³/mol. The summed E-state index contributed by atoms with van der Waals surface area (Å²) in [5, 5.41) is 0. The summed E-state index contributed by atoms with van der Waals surface area (Å²) in [6, 6.07) is 2.02. The molecule has 4 rings (SSSR count). The van der Waals surface area contributed by atoms with Gasteiger partial charge in [0.2, 0.25) is 5.95 Å². The van der Waals surface area contributed by atoms with Gasteiger partial charge in [0.1, 0.15) is 5.82 Å². The Hall–Kier alpha value is -1.40. The molecule has 3 aliphatic heterocycles. The van der Waals surface area contributed by atoms with Crippen molar-refractivity contribution >= 4 is 11.8 Å². The summed E-state index contributed by atoms with van der Waals surface area (Å²) >= 11 is 0. The molecule has 0 bridgehead atoms. The molecule has 0 amide bonds. The number of piperidine rings is 2. The molecule has 1 atom stereocenters. The van der Waals surface area contributed by atoms with Gasteiger partial charge in [0.15, 0.2) is 5.79 Å². The third-order valence-corrected chi connectivity index (χ3v) is 5.23. The molecule has 126 valence electrons. The van der Waals surface area contributed by atoms with E-state index in [-0.39, 0.29) is 5.79 Å². The molecule has 1 spiro atoms. The van der Waals surface area contributed by atoms with E-state index in [9.17, 15) is 0 Å². The maximum atomic E-state index is 5.81. The Bertz CT molecular complexity index is 537. The summed E-state index contributed by atoms with van der Waals surface area (Å²) in [6.07, 6.45) is 6.25. The number of ether oxygens (including phenoxy) is 2. The van der Waals surface area contributed by atoms with Gasteiger partial charge in [-0.1, -0.05) is 6.92 Å². The number of rotatable bonds is 2. The zero-order valence-corrected chi connectivity index (χ0v) is 13.9. The van der Waals surface area contributed by atoms with E-state index in [0.29, 0.717) is 0 Å². The molecule has 0 saturated carbocycles. The number of nitrogens with zero attached hydrogens (tertiary/aromatic N) is 4. The summed E-state index contributed by atoms with van der Waals surface area (Å²) in [5.74, 6) is 2.31. The first-order valence-electron chi connectivity index (χ1n) is 8.85. The first-order chi connectivity index (χ1) is 11.2. The van der Waals surface area contributed by atoms with Crippen LogP contribution in [-0.2, 0) is 9.47 Å². The molecule has 1 aromatic rings. The van der Waals surface area contributed by atoms with Crippen LogP contribution in [-0.4, -0.2) is 55.1 Å². The van der Waals surface area contributed by atoms with Gasteiger partial charge in [-0.15, -0.1) is 0 Å². The summed E-state index contributed by atoms with van der Waals surface area (Å²) in [5.41, 5.74) is 0. The second kappa shape index (κ2) is 6.24. The lowest BCUT2D eigenvalue weighted by Gasteiger charge is -2.38. The first-order valence-corrected chi connectivity index (χ1v) is 8.85. The van der Waals surface area contributed by atoms with Crippen LogP contribution in [0.4, 0.5) is 11.8 Å². The van der Waals surface area contributed by atoms with Crippen LogP contribution >= 0.6 is 0 Å². The summed E-state index contributed by atoms with van der Waals surface area (Å²) in [6.45, 7) is 7.74. The average Bonchev–Trinajstić information content (AvgIpc) is 3.04. The van der Waals surface area contributed by atoms with E-state index < -0.39 is 0 Å². The molecule has 4 heterocycles. The second-order valence-electron chi connectivity index (χ2n) is 7.00. The van der Waals surface area contributed by atoms with Gasteiger partial charge in [0.05, 0.1) is 13.2 Å². The number of hydrogen-bond acceptors (Lipinski definition) is 6. The fraction of sp³-hybridized carbons (Fsp3) is 0.765. The molecule has 23 heavy (non-hydrogen) atoms. The standard InChI is InChI=1S/C17H26N4O2/c1-14-3-2-8-21(13-14)16-18-7-4-15(19-16)20-9-5-17(6-10-20)22-11-12-23-17/h4,7,14H,2-3,5-6,8-13H2,1H3. The lowest BCUT2D eigenvalue weighted by atomic mass is 10.0. The van der Waals surface area contributed by atoms with Gasteiger partial charge in [-0.2, -0.15) is 4.98 Å². The van der Waals surface area contributed by atoms with Gasteiger partial charge in [-0.3, -0.25) is 0 Å². The van der Waals surface area contributed by atoms with Crippen molar-refractivity contribution < 1.29 is 9.47 Å². The third-order valence-electron chi connectivity index (χ3n) is 5.23. The Morgan fingerprint density at radius 3 is 2.65 bits per heavy atom. The molecular formula is C17H26N4O2. The maximum Gasteiger partial charge on any atom is 0.227 e. The third kappa shape index (κ3) is 3.15. The smallest absolute Gasteiger partial charge is 0.227 e. The van der Waals surface area contributed by atoms with Crippen molar-refractivity contribution in [3.8, 4) is 0 Å². The molecule has 0 N–H and O–H groups in total. The molecule has 0 aromatic carbocycles. The molecule has 1 unspecified atom stereocenters. The van der Waals surface area contributed by atoms with E-state index in [2.05, 4.69) is 21.7 Å². The van der Waals surface area contributed by atoms with E-state index in [4.69, 9.17) is 14.5 Å². The van der Waals surface area contributed by atoms with E-state index >= 15 is 0 Å². The van der Waals surface area contributed by atoms with Crippen LogP contribution in [0.5, 0.6) is 0 Å². The summed E-state index contributed by atoms with van der Waals surface area (Å²) in [4.78, 5) is 14.0. The van der Waals surface area contributed by atoms with Crippen molar-refractivity contribution in [3.05, 3.63) is 12.3 Å². The topological polar surface area (TPSA) is 50.7 Å². The Morgan fingerprint density at radius 2 is 1.91 bits per heavy atom. The van der Waals surface area contributed by atoms with Crippen LogP contribution in [0, 0.1) is 5.92 Å². The highest BCUT2D eigenvalue weighted by Crippen LogP contribution is 2.33. The van der Waals surface area contributed by atoms with Crippen molar-refractivity contribution in [3.63, 3.8) is 0 Å². The highest BCUT2D eigenvalue weighted by molar-refractivity contribution is 5.44. The molecule has 3 fully saturated rings. The van der Waals surface area contributed by atoms with Crippen molar-refractivity contribution in [1.82, 2.24) is 9.97 Å². The molecule has 6 nitrogen and oxygen atoms in total. The highest BCUT2D eigenvalue weighted by Gasteiger charge is 2.40. The molecule has 6 heteroatoms. The van der Waals surface area contributed by atoms with Gasteiger partial charge < -0.3 is 19.3 Å². The summed E-state index contributed by atoms with van der Waals surface area (Å²) in [7, 11) is 0. The zero-order valence-electron chi connectivity index (χ0n) is 13.9. The molecule has 3 aliphatic rings. The van der Waals surface area contributed by atoms with E-state index in [1.807, 2.05) is 12.3 Å². The van der Waals surface area contributed by atoms with E-state index in [1.165, 1.54) is 12.8 Å². The lowest BCUT2D eigenvalue weighted by Crippen LogP contribution is -2.45. The Morgan fingerprint density at radius 1 is 1.13 bits per heavy atom. The molecule has 0 radical (unpaired) electrons. The minimum absolute atomic E-state index is 0.325. The van der Waals surface area contributed by atoms with Gasteiger partial charge in [-0.05, 0) is 24.8 Å². The second-order valence-corrected chi connectivity index (χ2v) is 7.00. The Balaban J connectivity index is 1.44. The van der Waals surface area contributed by atoms with Crippen molar-refractivity contribution in [1.29, 1.82) is 0 Å². The largest absolute Gasteiger partial charge is 0.356 e. The predicted octanol–water partition coefficient (Wildman–Crippen LogP) is 2.06. The highest BCUT2D eigenvalue weighted by atomic mass is 16.7. The first kappa shape index (κ1) is 15.1. The van der Waals surface area contributed by atoms with Crippen LogP contribution in [0.15, 0.2) is 12.3 Å². The average molecular weight is 318 g/mol. The Kier molecular flexibility index (Phi) is 4.11. The molecule has 3 saturated heterocycles. The van der Waals surface area contributed by atoms with Crippen LogP contribution in [0.2, 0.25) is 0 Å². The van der Waals surface area contributed by atoms with Crippen LogP contribution in [0.1, 0.15) is 32.6 Å². The Labute approximate surface area is 137 Å². The minimum Gasteiger partial charge on any atom is -0.356 e. The van der Waals surface area contributed by atoms with Crippen molar-refractivity contribution in [2.75, 3.05) is 49.2 Å². The van der Waals surface area contributed by atoms with Gasteiger partial charge in [0.25, 0.3) is 0 Å². The fourth-order valence-corrected chi connectivity index (χ4v) is 3.90. The number of hydrogen-bond donors (Lipinski definition) is 0. The molecular weight excluding hydrogens is 292 g/mol. The number of anilines is 2. The van der Waals surface area contributed by atoms with Crippen LogP contribution in [0.3, 0.4) is 0 Å². The maximum absolute atomic E-state index is 5.81. The van der Waals surface area contributed by atoms with Crippen molar-refractivity contribution in [2.24, 2.45) is 5.92 Å². The molecule has 1 aromatic heterocycles. The lowest BCUT2D eigenvalue weighted by molar-refractivity contribution is -0.169. The fourth-order valence-electron chi connectivity index (χ4n) is 3.90. The zero-order chi connectivity index (χ0) is 15.7. The van der Waals surface area contributed by atoms with Gasteiger partial charge in [0, 0.05) is 45.2 Å². The number of aromatic nitrogens is 2. The normalized spacial score (nSPS) is 27.6. The monoisotopic (exact) mass is 318 g/mol.